The highest BCUT2D eigenvalue weighted by molar-refractivity contribution is 6.79. The van der Waals surface area contributed by atoms with Crippen molar-refractivity contribution in [3.8, 4) is 0 Å². The molecule has 0 fully saturated rings. The van der Waals surface area contributed by atoms with E-state index in [2.05, 4.69) is 0 Å². The first-order valence-electron chi connectivity index (χ1n) is 3.41. The number of hydrogen-bond donors (Lipinski definition) is 0. The first-order valence-corrected chi connectivity index (χ1v) is 6.43. The fourth-order valence-corrected chi connectivity index (χ4v) is 2.14. The molecule has 0 aromatic heterocycles. The standard InChI is InChI=1S/C6HCl8F3/c7-2(4(15,16)17)1-3(8,9)5(10,11)6(12,13)14/h1H. The molecule has 0 atom stereocenters. The summed E-state index contributed by atoms with van der Waals surface area (Å²) in [6.45, 7) is 0. The maximum absolute atomic E-state index is 12.2. The zero-order valence-corrected chi connectivity index (χ0v) is 13.3. The Balaban J connectivity index is 5.45. The second kappa shape index (κ2) is 5.69. The number of allylic oxidation sites excluding steroid dienone is 2. The lowest BCUT2D eigenvalue weighted by Gasteiger charge is -2.35. The van der Waals surface area contributed by atoms with Gasteiger partial charge in [0.05, 0.1) is 0 Å². The largest absolute Gasteiger partial charge is 0.426 e. The highest BCUT2D eigenvalue weighted by Gasteiger charge is 2.59. The van der Waals surface area contributed by atoms with Crippen molar-refractivity contribution < 1.29 is 13.2 Å². The van der Waals surface area contributed by atoms with E-state index < -0.39 is 23.7 Å². The average Bonchev–Trinajstić information content (AvgIpc) is 1.98. The van der Waals surface area contributed by atoms with Gasteiger partial charge in [0.25, 0.3) is 0 Å². The fraction of sp³-hybridized carbons (Fsp3) is 0.667. The van der Waals surface area contributed by atoms with Gasteiger partial charge in [-0.25, -0.2) is 0 Å². The van der Waals surface area contributed by atoms with Gasteiger partial charge in [-0.1, -0.05) is 92.8 Å². The summed E-state index contributed by atoms with van der Waals surface area (Å²) < 4.78 is 28.9. The SMILES string of the molecule is FC(F)(F)C(Cl)=CC(Cl)(Cl)C(Cl)(Cl)C(Cl)(Cl)Cl. The van der Waals surface area contributed by atoms with Crippen LogP contribution in [-0.4, -0.2) is 18.6 Å². The van der Waals surface area contributed by atoms with E-state index in [1.54, 1.807) is 0 Å². The maximum Gasteiger partial charge on any atom is 0.426 e. The van der Waals surface area contributed by atoms with Crippen LogP contribution in [0.15, 0.2) is 11.1 Å². The summed E-state index contributed by atoms with van der Waals surface area (Å²) in [5.41, 5.74) is 0. The van der Waals surface area contributed by atoms with E-state index in [0.29, 0.717) is 0 Å². The predicted molar refractivity (Wildman–Crippen MR) is 69.2 cm³/mol. The quantitative estimate of drug-likeness (QED) is 0.460. The lowest BCUT2D eigenvalue weighted by Crippen LogP contribution is -2.46. The first kappa shape index (κ1) is 18.9. The summed E-state index contributed by atoms with van der Waals surface area (Å²) in [4.78, 5) is 0. The molecule has 0 nitrogen and oxygen atoms in total. The van der Waals surface area contributed by atoms with Crippen LogP contribution in [0, 0.1) is 0 Å². The van der Waals surface area contributed by atoms with Gasteiger partial charge in [-0.05, 0) is 6.08 Å². The summed E-state index contributed by atoms with van der Waals surface area (Å²) in [7, 11) is 0. The Labute approximate surface area is 135 Å². The van der Waals surface area contributed by atoms with E-state index in [1.165, 1.54) is 0 Å². The van der Waals surface area contributed by atoms with Gasteiger partial charge >= 0.3 is 6.18 Å². The number of hydrogen-bond acceptors (Lipinski definition) is 0. The third-order valence-electron chi connectivity index (χ3n) is 1.35. The highest BCUT2D eigenvalue weighted by Crippen LogP contribution is 2.57. The van der Waals surface area contributed by atoms with Crippen molar-refractivity contribution in [2.75, 3.05) is 0 Å². The molecule has 0 saturated heterocycles. The lowest BCUT2D eigenvalue weighted by molar-refractivity contribution is -0.0848. The Morgan fingerprint density at radius 1 is 0.824 bits per heavy atom. The first-order chi connectivity index (χ1) is 7.13. The zero-order chi connectivity index (χ0) is 14.3. The minimum Gasteiger partial charge on any atom is -0.165 e. The fourth-order valence-electron chi connectivity index (χ4n) is 0.521. The topological polar surface area (TPSA) is 0 Å². The molecule has 0 spiro atoms. The molecule has 0 aliphatic carbocycles. The van der Waals surface area contributed by atoms with Gasteiger partial charge in [0.2, 0.25) is 8.13 Å². The van der Waals surface area contributed by atoms with Crippen LogP contribution in [0.2, 0.25) is 0 Å². The maximum atomic E-state index is 12.2. The summed E-state index contributed by atoms with van der Waals surface area (Å²) in [6, 6.07) is 0. The van der Waals surface area contributed by atoms with Crippen LogP contribution in [0.3, 0.4) is 0 Å². The van der Waals surface area contributed by atoms with Crippen molar-refractivity contribution in [2.24, 2.45) is 0 Å². The molecule has 11 heteroatoms. The zero-order valence-electron chi connectivity index (χ0n) is 7.23. The van der Waals surface area contributed by atoms with Gasteiger partial charge in [-0.2, -0.15) is 13.2 Å². The van der Waals surface area contributed by atoms with E-state index in [1.807, 2.05) is 0 Å². The minimum atomic E-state index is -4.88. The number of rotatable bonds is 2. The summed E-state index contributed by atoms with van der Waals surface area (Å²) in [6.07, 6.45) is -4.74. The molecule has 0 rings (SSSR count). The van der Waals surface area contributed by atoms with Crippen LogP contribution in [0.25, 0.3) is 0 Å². The van der Waals surface area contributed by atoms with Crippen LogP contribution in [-0.2, 0) is 0 Å². The molecular formula is C6HCl8F3. The highest BCUT2D eigenvalue weighted by atomic mass is 35.6. The molecule has 0 aliphatic rings. The van der Waals surface area contributed by atoms with Crippen LogP contribution >= 0.6 is 92.8 Å². The Hall–Kier alpha value is 1.85. The van der Waals surface area contributed by atoms with Crippen molar-refractivity contribution in [3.05, 3.63) is 11.1 Å². The molecule has 0 amide bonds. The van der Waals surface area contributed by atoms with Gasteiger partial charge in [-0.3, -0.25) is 0 Å². The van der Waals surface area contributed by atoms with Crippen molar-refractivity contribution in [1.29, 1.82) is 0 Å². The molecule has 102 valence electrons. The van der Waals surface area contributed by atoms with Gasteiger partial charge in [-0.15, -0.1) is 0 Å². The second-order valence-corrected chi connectivity index (χ2v) is 8.09. The molecule has 0 aromatic rings. The Morgan fingerprint density at radius 2 is 1.18 bits per heavy atom. The molecular weight excluding hydrogens is 413 g/mol. The van der Waals surface area contributed by atoms with Gasteiger partial charge in [0.1, 0.15) is 5.03 Å². The van der Waals surface area contributed by atoms with Crippen LogP contribution < -0.4 is 0 Å². The molecule has 0 bridgehead atoms. The molecule has 0 radical (unpaired) electrons. The number of alkyl halides is 10. The van der Waals surface area contributed by atoms with Crippen molar-refractivity contribution in [1.82, 2.24) is 0 Å². The van der Waals surface area contributed by atoms with E-state index in [9.17, 15) is 13.2 Å². The Morgan fingerprint density at radius 3 is 1.41 bits per heavy atom. The van der Waals surface area contributed by atoms with Crippen molar-refractivity contribution in [2.45, 2.75) is 18.6 Å². The summed E-state index contributed by atoms with van der Waals surface area (Å²) >= 11 is 43.0. The normalized spacial score (nSPS) is 16.3. The second-order valence-electron chi connectivity index (χ2n) is 2.69. The van der Waals surface area contributed by atoms with E-state index >= 15 is 0 Å². The number of halogens is 11. The molecule has 0 aliphatic heterocycles. The van der Waals surface area contributed by atoms with Crippen molar-refractivity contribution >= 4 is 92.8 Å². The van der Waals surface area contributed by atoms with E-state index in [-0.39, 0.29) is 6.08 Å². The van der Waals surface area contributed by atoms with Crippen LogP contribution in [0.1, 0.15) is 0 Å². The van der Waals surface area contributed by atoms with E-state index in [0.717, 1.165) is 0 Å². The van der Waals surface area contributed by atoms with Gasteiger partial charge in [0.15, 0.2) is 4.33 Å². The van der Waals surface area contributed by atoms with Gasteiger partial charge < -0.3 is 0 Å². The van der Waals surface area contributed by atoms with Crippen molar-refractivity contribution in [3.63, 3.8) is 0 Å². The average molecular weight is 414 g/mol. The third kappa shape index (κ3) is 4.71. The molecule has 0 aromatic carbocycles. The third-order valence-corrected chi connectivity index (χ3v) is 5.44. The summed E-state index contributed by atoms with van der Waals surface area (Å²) in [5.74, 6) is 0. The van der Waals surface area contributed by atoms with Crippen LogP contribution in [0.5, 0.6) is 0 Å². The molecule has 17 heavy (non-hydrogen) atoms. The summed E-state index contributed by atoms with van der Waals surface area (Å²) in [5, 5.41) is -1.65. The van der Waals surface area contributed by atoms with E-state index in [4.69, 9.17) is 92.8 Å². The molecule has 0 N–H and O–H groups in total. The predicted octanol–water partition coefficient (Wildman–Crippen LogP) is 6.39. The van der Waals surface area contributed by atoms with Gasteiger partial charge in [0, 0.05) is 0 Å². The molecule has 0 saturated carbocycles. The minimum absolute atomic E-state index is 0.138. The van der Waals surface area contributed by atoms with Crippen LogP contribution in [0.4, 0.5) is 13.2 Å². The lowest BCUT2D eigenvalue weighted by atomic mass is 10.2. The molecule has 0 unspecified atom stereocenters. The monoisotopic (exact) mass is 410 g/mol. The molecule has 0 heterocycles. The smallest absolute Gasteiger partial charge is 0.165 e. The Kier molecular flexibility index (Phi) is 6.31. The Bertz CT molecular complexity index is 312.